The maximum absolute atomic E-state index is 6.24. The number of nitrogens with one attached hydrogen (secondary N) is 2. The topological polar surface area (TPSA) is 77.2 Å². The molecule has 0 aromatic carbocycles. The predicted molar refractivity (Wildman–Crippen MR) is 124 cm³/mol. The molecule has 1 aliphatic carbocycles. The Morgan fingerprint density at radius 1 is 1.24 bits per heavy atom. The van der Waals surface area contributed by atoms with E-state index in [-0.39, 0.29) is 35.9 Å². The minimum atomic E-state index is -0.337. The van der Waals surface area contributed by atoms with E-state index in [0.29, 0.717) is 13.2 Å². The zero-order chi connectivity index (χ0) is 19.5. The second kappa shape index (κ2) is 13.5. The van der Waals surface area contributed by atoms with Crippen molar-refractivity contribution >= 4 is 29.9 Å². The number of aliphatic imine (C=N–C) groups is 1. The van der Waals surface area contributed by atoms with Gasteiger partial charge in [0.05, 0.1) is 19.4 Å². The van der Waals surface area contributed by atoms with E-state index in [1.54, 1.807) is 6.26 Å². The van der Waals surface area contributed by atoms with Crippen LogP contribution in [0.2, 0.25) is 0 Å². The van der Waals surface area contributed by atoms with Crippen LogP contribution in [0.1, 0.15) is 51.2 Å². The van der Waals surface area contributed by atoms with E-state index < -0.39 is 0 Å². The Labute approximate surface area is 191 Å². The number of furan rings is 1. The first-order chi connectivity index (χ1) is 13.8. The number of halogens is 1. The summed E-state index contributed by atoms with van der Waals surface area (Å²) in [6, 6.07) is 3.90. The number of hydrogen-bond acceptors (Lipinski definition) is 5. The summed E-state index contributed by atoms with van der Waals surface area (Å²) < 4.78 is 23.1. The highest BCUT2D eigenvalue weighted by Crippen LogP contribution is 2.37. The van der Waals surface area contributed by atoms with Crippen LogP contribution in [-0.4, -0.2) is 57.3 Å². The van der Waals surface area contributed by atoms with Crippen molar-refractivity contribution in [3.8, 4) is 0 Å². The molecule has 1 atom stereocenters. The molecule has 1 aliphatic heterocycles. The van der Waals surface area contributed by atoms with Gasteiger partial charge in [0.25, 0.3) is 0 Å². The van der Waals surface area contributed by atoms with Crippen molar-refractivity contribution in [1.82, 2.24) is 10.6 Å². The lowest BCUT2D eigenvalue weighted by Crippen LogP contribution is -2.40. The van der Waals surface area contributed by atoms with Crippen LogP contribution in [0, 0.1) is 0 Å². The Bertz CT molecular complexity index is 576. The van der Waals surface area contributed by atoms with Gasteiger partial charge in [-0.25, -0.2) is 0 Å². The third-order valence-electron chi connectivity index (χ3n) is 5.19. The Morgan fingerprint density at radius 2 is 2.07 bits per heavy atom. The zero-order valence-corrected chi connectivity index (χ0v) is 19.8. The van der Waals surface area contributed by atoms with Gasteiger partial charge in [-0.2, -0.15) is 0 Å². The van der Waals surface area contributed by atoms with E-state index in [9.17, 15) is 0 Å². The first-order valence-corrected chi connectivity index (χ1v) is 10.7. The van der Waals surface area contributed by atoms with E-state index in [2.05, 4.69) is 10.6 Å². The third-order valence-corrected chi connectivity index (χ3v) is 5.19. The molecule has 2 fully saturated rings. The van der Waals surface area contributed by atoms with Crippen LogP contribution in [0.15, 0.2) is 27.8 Å². The standard InChI is InChI=1S/C21H35N3O4.HI/c1-2-25-14-7-12-22-20(23-13-9-18-8-6-15-26-18)24-16-19-17-27-21(28-19)10-4-3-5-11-21;/h6,8,15,19H,2-5,7,9-14,16-17H2,1H3,(H2,22,23,24);1H. The van der Waals surface area contributed by atoms with Gasteiger partial charge in [-0.1, -0.05) is 6.42 Å². The number of ether oxygens (including phenoxy) is 3. The second-order valence-corrected chi connectivity index (χ2v) is 7.44. The van der Waals surface area contributed by atoms with Crippen molar-refractivity contribution in [3.63, 3.8) is 0 Å². The average molecular weight is 521 g/mol. The molecule has 2 aliphatic rings. The summed E-state index contributed by atoms with van der Waals surface area (Å²) in [4.78, 5) is 4.74. The SMILES string of the molecule is CCOCCCNC(=NCC1COC2(CCCCC2)O1)NCCc1ccco1.I. The molecular formula is C21H36IN3O4. The minimum absolute atomic E-state index is 0. The molecule has 1 unspecified atom stereocenters. The highest BCUT2D eigenvalue weighted by molar-refractivity contribution is 14.0. The van der Waals surface area contributed by atoms with Gasteiger partial charge in [-0.15, -0.1) is 24.0 Å². The van der Waals surface area contributed by atoms with Gasteiger partial charge < -0.3 is 29.3 Å². The molecule has 166 valence electrons. The van der Waals surface area contributed by atoms with Gasteiger partial charge in [0.2, 0.25) is 0 Å². The lowest BCUT2D eigenvalue weighted by molar-refractivity contribution is -0.186. The summed E-state index contributed by atoms with van der Waals surface area (Å²) >= 11 is 0. The molecule has 0 radical (unpaired) electrons. The zero-order valence-electron chi connectivity index (χ0n) is 17.5. The fourth-order valence-corrected chi connectivity index (χ4v) is 3.71. The largest absolute Gasteiger partial charge is 0.469 e. The van der Waals surface area contributed by atoms with Gasteiger partial charge in [0.1, 0.15) is 11.9 Å². The average Bonchev–Trinajstić information content (AvgIpc) is 3.36. The van der Waals surface area contributed by atoms with Crippen LogP contribution in [0.25, 0.3) is 0 Å². The molecule has 3 rings (SSSR count). The van der Waals surface area contributed by atoms with Crippen LogP contribution in [0.4, 0.5) is 0 Å². The lowest BCUT2D eigenvalue weighted by Gasteiger charge is -2.31. The van der Waals surface area contributed by atoms with Gasteiger partial charge in [-0.3, -0.25) is 4.99 Å². The quantitative estimate of drug-likeness (QED) is 0.213. The normalized spacial score (nSPS) is 21.1. The minimum Gasteiger partial charge on any atom is -0.469 e. The Morgan fingerprint density at radius 3 is 2.83 bits per heavy atom. The maximum atomic E-state index is 6.24. The van der Waals surface area contributed by atoms with Gasteiger partial charge in [0, 0.05) is 45.6 Å². The number of rotatable bonds is 10. The number of guanidine groups is 1. The monoisotopic (exact) mass is 521 g/mol. The molecule has 1 aromatic heterocycles. The van der Waals surface area contributed by atoms with Crippen molar-refractivity contribution in [1.29, 1.82) is 0 Å². The highest BCUT2D eigenvalue weighted by atomic mass is 127. The first-order valence-electron chi connectivity index (χ1n) is 10.7. The van der Waals surface area contributed by atoms with Crippen LogP contribution in [-0.2, 0) is 20.6 Å². The van der Waals surface area contributed by atoms with Crippen LogP contribution in [0.5, 0.6) is 0 Å². The summed E-state index contributed by atoms with van der Waals surface area (Å²) in [5, 5.41) is 6.77. The number of hydrogen-bond donors (Lipinski definition) is 2. The predicted octanol–water partition coefficient (Wildman–Crippen LogP) is 3.48. The molecular weight excluding hydrogens is 485 g/mol. The van der Waals surface area contributed by atoms with Crippen molar-refractivity contribution in [2.45, 2.75) is 63.8 Å². The third kappa shape index (κ3) is 8.43. The Hall–Kier alpha value is -0.840. The Balaban J connectivity index is 0.00000300. The molecule has 0 bridgehead atoms. The molecule has 29 heavy (non-hydrogen) atoms. The van der Waals surface area contributed by atoms with Gasteiger partial charge in [0.15, 0.2) is 11.7 Å². The van der Waals surface area contributed by atoms with Crippen LogP contribution < -0.4 is 10.6 Å². The molecule has 8 heteroatoms. The summed E-state index contributed by atoms with van der Waals surface area (Å²) in [6.45, 7) is 6.33. The van der Waals surface area contributed by atoms with Crippen molar-refractivity contribution < 1.29 is 18.6 Å². The summed E-state index contributed by atoms with van der Waals surface area (Å²) in [5.41, 5.74) is 0. The van der Waals surface area contributed by atoms with E-state index in [1.807, 2.05) is 19.1 Å². The molecule has 1 saturated heterocycles. The molecule has 7 nitrogen and oxygen atoms in total. The molecule has 2 heterocycles. The van der Waals surface area contributed by atoms with Crippen LogP contribution >= 0.6 is 24.0 Å². The van der Waals surface area contributed by atoms with Crippen molar-refractivity contribution in [2.24, 2.45) is 4.99 Å². The fourth-order valence-electron chi connectivity index (χ4n) is 3.71. The fraction of sp³-hybridized carbons (Fsp3) is 0.762. The molecule has 1 spiro atoms. The van der Waals surface area contributed by atoms with Crippen molar-refractivity contribution in [3.05, 3.63) is 24.2 Å². The van der Waals surface area contributed by atoms with E-state index in [1.165, 1.54) is 19.3 Å². The van der Waals surface area contributed by atoms with E-state index in [4.69, 9.17) is 23.6 Å². The van der Waals surface area contributed by atoms with Gasteiger partial charge in [-0.05, 0) is 38.3 Å². The maximum Gasteiger partial charge on any atom is 0.191 e. The summed E-state index contributed by atoms with van der Waals surface area (Å²) in [7, 11) is 0. The summed E-state index contributed by atoms with van der Waals surface area (Å²) in [6.07, 6.45) is 9.19. The highest BCUT2D eigenvalue weighted by Gasteiger charge is 2.42. The first kappa shape index (κ1) is 24.4. The summed E-state index contributed by atoms with van der Waals surface area (Å²) in [5.74, 6) is 1.43. The van der Waals surface area contributed by atoms with E-state index in [0.717, 1.165) is 63.7 Å². The molecule has 1 saturated carbocycles. The lowest BCUT2D eigenvalue weighted by atomic mass is 9.94. The molecule has 2 N–H and O–H groups in total. The smallest absolute Gasteiger partial charge is 0.191 e. The number of nitrogens with zero attached hydrogens (tertiary/aromatic N) is 1. The van der Waals surface area contributed by atoms with Crippen LogP contribution in [0.3, 0.4) is 0 Å². The van der Waals surface area contributed by atoms with Gasteiger partial charge >= 0.3 is 0 Å². The Kier molecular flexibility index (Phi) is 11.3. The van der Waals surface area contributed by atoms with E-state index >= 15 is 0 Å². The second-order valence-electron chi connectivity index (χ2n) is 7.44. The molecule has 0 amide bonds. The molecule has 1 aromatic rings. The van der Waals surface area contributed by atoms with Crippen molar-refractivity contribution in [2.75, 3.05) is 39.5 Å².